The Morgan fingerprint density at radius 2 is 1.71 bits per heavy atom. The maximum Gasteiger partial charge on any atom is 0.250 e. The number of unbranched alkanes of at least 4 members (excludes halogenated alkanes) is 3. The minimum Gasteiger partial charge on any atom is -0.494 e. The van der Waals surface area contributed by atoms with Crippen LogP contribution < -0.4 is 19.5 Å². The van der Waals surface area contributed by atoms with Gasteiger partial charge in [0.2, 0.25) is 17.7 Å². The zero-order valence-corrected chi connectivity index (χ0v) is 20.8. The molecular weight excluding hydrogens is 446 g/mol. The van der Waals surface area contributed by atoms with Gasteiger partial charge in [-0.1, -0.05) is 33.1 Å². The van der Waals surface area contributed by atoms with Gasteiger partial charge >= 0.3 is 0 Å². The van der Waals surface area contributed by atoms with Gasteiger partial charge in [0.05, 0.1) is 32.1 Å². The van der Waals surface area contributed by atoms with E-state index in [0.29, 0.717) is 41.2 Å². The summed E-state index contributed by atoms with van der Waals surface area (Å²) >= 11 is 0. The third-order valence-electron chi connectivity index (χ3n) is 6.25. The van der Waals surface area contributed by atoms with Crippen LogP contribution in [0, 0.1) is 11.8 Å². The number of hydrogen-bond acceptors (Lipinski definition) is 7. The molecule has 2 atom stereocenters. The van der Waals surface area contributed by atoms with Crippen LogP contribution in [0.1, 0.15) is 46.0 Å². The average Bonchev–Trinajstić information content (AvgIpc) is 3.41. The van der Waals surface area contributed by atoms with Crippen molar-refractivity contribution in [2.75, 3.05) is 26.1 Å². The third kappa shape index (κ3) is 5.93. The van der Waals surface area contributed by atoms with Crippen LogP contribution in [-0.4, -0.2) is 36.9 Å². The number of carbonyl (C=O) groups excluding carboxylic acids is 1. The van der Waals surface area contributed by atoms with E-state index in [0.717, 1.165) is 24.2 Å². The number of ether oxygens (including phenoxy) is 3. The number of aromatic nitrogens is 2. The fourth-order valence-corrected chi connectivity index (χ4v) is 3.93. The minimum absolute atomic E-state index is 0.0153. The summed E-state index contributed by atoms with van der Waals surface area (Å²) in [6, 6.07) is 11.0. The molecule has 35 heavy (non-hydrogen) atoms. The van der Waals surface area contributed by atoms with E-state index in [-0.39, 0.29) is 17.7 Å². The van der Waals surface area contributed by atoms with Gasteiger partial charge in [-0.15, -0.1) is 10.2 Å². The van der Waals surface area contributed by atoms with Crippen molar-refractivity contribution in [1.82, 2.24) is 10.2 Å². The topological polar surface area (TPSA) is 95.7 Å². The Balaban J connectivity index is 1.53. The summed E-state index contributed by atoms with van der Waals surface area (Å²) in [4.78, 5) is 12.6. The molecular formula is C27H33N3O5. The number of nitrogens with one attached hydrogen (secondary N) is 1. The summed E-state index contributed by atoms with van der Waals surface area (Å²) in [5.41, 5.74) is 1.88. The summed E-state index contributed by atoms with van der Waals surface area (Å²) < 4.78 is 22.7. The van der Waals surface area contributed by atoms with Crippen LogP contribution in [-0.2, 0) is 4.79 Å². The van der Waals surface area contributed by atoms with Crippen LogP contribution in [0.4, 0.5) is 5.69 Å². The molecule has 1 heterocycles. The molecule has 1 saturated carbocycles. The molecule has 0 radical (unpaired) electrons. The van der Waals surface area contributed by atoms with Crippen LogP contribution in [0.5, 0.6) is 17.2 Å². The number of amides is 1. The van der Waals surface area contributed by atoms with Crippen molar-refractivity contribution in [1.29, 1.82) is 0 Å². The standard InChI is InChI=1S/C27H33N3O5/c1-5-6-7-8-13-34-19-11-9-18(10-12-19)26-29-30-27(35-26)21-15-23(32-3)24(33-4)16-22(21)28-25(31)20-14-17(20)2/h9-12,15-17,20H,5-8,13-14H2,1-4H3,(H,28,31). The van der Waals surface area contributed by atoms with Crippen LogP contribution in [0.3, 0.4) is 0 Å². The van der Waals surface area contributed by atoms with E-state index in [9.17, 15) is 4.79 Å². The van der Waals surface area contributed by atoms with Crippen molar-refractivity contribution in [2.45, 2.75) is 46.0 Å². The molecule has 3 aromatic rings. The molecule has 1 fully saturated rings. The van der Waals surface area contributed by atoms with Crippen molar-refractivity contribution in [3.8, 4) is 40.2 Å². The largest absolute Gasteiger partial charge is 0.494 e. The Kier molecular flexibility index (Phi) is 7.90. The molecule has 8 nitrogen and oxygen atoms in total. The van der Waals surface area contributed by atoms with Crippen molar-refractivity contribution >= 4 is 11.6 Å². The molecule has 1 amide bonds. The van der Waals surface area contributed by atoms with Gasteiger partial charge in [-0.25, -0.2) is 0 Å². The number of hydrogen-bond donors (Lipinski definition) is 1. The third-order valence-corrected chi connectivity index (χ3v) is 6.25. The highest BCUT2D eigenvalue weighted by atomic mass is 16.5. The lowest BCUT2D eigenvalue weighted by molar-refractivity contribution is -0.117. The molecule has 8 heteroatoms. The minimum atomic E-state index is -0.0315. The van der Waals surface area contributed by atoms with Gasteiger partial charge in [-0.3, -0.25) is 4.79 Å². The van der Waals surface area contributed by atoms with Gasteiger partial charge in [-0.05, 0) is 49.1 Å². The first kappa shape index (κ1) is 24.6. The van der Waals surface area contributed by atoms with E-state index >= 15 is 0 Å². The van der Waals surface area contributed by atoms with Crippen molar-refractivity contribution in [2.24, 2.45) is 11.8 Å². The Morgan fingerprint density at radius 1 is 1.03 bits per heavy atom. The normalized spacial score (nSPS) is 16.6. The van der Waals surface area contributed by atoms with Crippen LogP contribution >= 0.6 is 0 Å². The maximum absolute atomic E-state index is 12.6. The molecule has 1 aliphatic carbocycles. The fourth-order valence-electron chi connectivity index (χ4n) is 3.93. The summed E-state index contributed by atoms with van der Waals surface area (Å²) in [6.45, 7) is 4.96. The first-order valence-corrected chi connectivity index (χ1v) is 12.2. The monoisotopic (exact) mass is 479 g/mol. The molecule has 1 aliphatic rings. The van der Waals surface area contributed by atoms with Gasteiger partial charge in [0, 0.05) is 17.5 Å². The molecule has 1 N–H and O–H groups in total. The van der Waals surface area contributed by atoms with E-state index < -0.39 is 0 Å². The molecule has 0 bridgehead atoms. The Labute approximate surface area is 206 Å². The van der Waals surface area contributed by atoms with Gasteiger partial charge in [-0.2, -0.15) is 0 Å². The lowest BCUT2D eigenvalue weighted by atomic mass is 10.1. The average molecular weight is 480 g/mol. The van der Waals surface area contributed by atoms with Crippen molar-refractivity contribution in [3.63, 3.8) is 0 Å². The fraction of sp³-hybridized carbons (Fsp3) is 0.444. The lowest BCUT2D eigenvalue weighted by Gasteiger charge is -2.14. The number of methoxy groups -OCH3 is 2. The zero-order valence-electron chi connectivity index (χ0n) is 20.8. The second kappa shape index (κ2) is 11.3. The Hall–Kier alpha value is -3.55. The van der Waals surface area contributed by atoms with Crippen LogP contribution in [0.15, 0.2) is 40.8 Å². The van der Waals surface area contributed by atoms with Gasteiger partial charge in [0.25, 0.3) is 0 Å². The van der Waals surface area contributed by atoms with Crippen molar-refractivity contribution < 1.29 is 23.4 Å². The van der Waals surface area contributed by atoms with Crippen LogP contribution in [0.25, 0.3) is 22.9 Å². The summed E-state index contributed by atoms with van der Waals surface area (Å²) in [5.74, 6) is 2.83. The molecule has 0 aliphatic heterocycles. The number of rotatable bonds is 12. The van der Waals surface area contributed by atoms with E-state index in [4.69, 9.17) is 18.6 Å². The second-order valence-electron chi connectivity index (χ2n) is 8.91. The molecule has 0 spiro atoms. The molecule has 186 valence electrons. The number of carbonyl (C=O) groups is 1. The highest BCUT2D eigenvalue weighted by Crippen LogP contribution is 2.42. The predicted octanol–water partition coefficient (Wildman–Crippen LogP) is 5.97. The SMILES string of the molecule is CCCCCCOc1ccc(-c2nnc(-c3cc(OC)c(OC)cc3NC(=O)C3CC3C)o2)cc1. The number of nitrogens with zero attached hydrogens (tertiary/aromatic N) is 2. The first-order valence-electron chi connectivity index (χ1n) is 12.2. The molecule has 2 unspecified atom stereocenters. The predicted molar refractivity (Wildman–Crippen MR) is 134 cm³/mol. The number of benzene rings is 2. The van der Waals surface area contributed by atoms with E-state index in [1.54, 1.807) is 26.4 Å². The Bertz CT molecular complexity index is 1140. The Morgan fingerprint density at radius 3 is 2.37 bits per heavy atom. The summed E-state index contributed by atoms with van der Waals surface area (Å²) in [5, 5.41) is 11.5. The second-order valence-corrected chi connectivity index (χ2v) is 8.91. The first-order chi connectivity index (χ1) is 17.0. The lowest BCUT2D eigenvalue weighted by Crippen LogP contribution is -2.15. The quantitative estimate of drug-likeness (QED) is 0.320. The smallest absolute Gasteiger partial charge is 0.250 e. The van der Waals surface area contributed by atoms with E-state index in [1.807, 2.05) is 24.3 Å². The summed E-state index contributed by atoms with van der Waals surface area (Å²) in [7, 11) is 3.11. The highest BCUT2D eigenvalue weighted by Gasteiger charge is 2.39. The molecule has 0 saturated heterocycles. The highest BCUT2D eigenvalue weighted by molar-refractivity contribution is 5.98. The van der Waals surface area contributed by atoms with Gasteiger partial charge < -0.3 is 23.9 Å². The molecule has 2 aromatic carbocycles. The van der Waals surface area contributed by atoms with Crippen LogP contribution in [0.2, 0.25) is 0 Å². The summed E-state index contributed by atoms with van der Waals surface area (Å²) in [6.07, 6.45) is 5.55. The van der Waals surface area contributed by atoms with Gasteiger partial charge in [0.1, 0.15) is 5.75 Å². The zero-order chi connectivity index (χ0) is 24.8. The van der Waals surface area contributed by atoms with E-state index in [2.05, 4.69) is 29.4 Å². The van der Waals surface area contributed by atoms with E-state index in [1.165, 1.54) is 19.3 Å². The molecule has 1 aromatic heterocycles. The van der Waals surface area contributed by atoms with Gasteiger partial charge in [0.15, 0.2) is 11.5 Å². The molecule has 4 rings (SSSR count). The van der Waals surface area contributed by atoms with Crippen molar-refractivity contribution in [3.05, 3.63) is 36.4 Å². The number of anilines is 1. The maximum atomic E-state index is 12.6.